The van der Waals surface area contributed by atoms with Crippen LogP contribution in [0.3, 0.4) is 0 Å². The summed E-state index contributed by atoms with van der Waals surface area (Å²) in [7, 11) is 0. The molecule has 2 aromatic rings. The van der Waals surface area contributed by atoms with Crippen molar-refractivity contribution in [2.75, 3.05) is 13.1 Å². The van der Waals surface area contributed by atoms with E-state index in [9.17, 15) is 22.4 Å². The highest BCUT2D eigenvalue weighted by Gasteiger charge is 2.42. The van der Waals surface area contributed by atoms with Gasteiger partial charge in [-0.2, -0.15) is 13.2 Å². The van der Waals surface area contributed by atoms with Crippen molar-refractivity contribution in [2.45, 2.75) is 44.4 Å². The maximum Gasteiger partial charge on any atom is 0.417 e. The zero-order valence-corrected chi connectivity index (χ0v) is 17.4. The summed E-state index contributed by atoms with van der Waals surface area (Å²) in [5, 5.41) is 2.13. The van der Waals surface area contributed by atoms with Crippen LogP contribution in [0.2, 0.25) is 5.02 Å². The molecular weight excluding hydrogens is 420 g/mol. The fourth-order valence-electron chi connectivity index (χ4n) is 4.00. The zero-order chi connectivity index (χ0) is 22.1. The number of carbonyl (C=O) groups excluding carboxylic acids is 1. The molecule has 1 aliphatic heterocycles. The Bertz CT molecular complexity index is 909. The molecule has 0 bridgehead atoms. The van der Waals surface area contributed by atoms with Gasteiger partial charge in [-0.1, -0.05) is 41.9 Å². The lowest BCUT2D eigenvalue weighted by Gasteiger charge is -2.42. The largest absolute Gasteiger partial charge is 0.417 e. The number of nitrogens with one attached hydrogen (secondary N) is 1. The van der Waals surface area contributed by atoms with Gasteiger partial charge in [0.25, 0.3) is 5.91 Å². The van der Waals surface area contributed by atoms with Gasteiger partial charge < -0.3 is 5.32 Å². The van der Waals surface area contributed by atoms with Gasteiger partial charge in [-0.25, -0.2) is 4.39 Å². The van der Waals surface area contributed by atoms with Crippen molar-refractivity contribution in [2.24, 2.45) is 0 Å². The number of hydrogen-bond acceptors (Lipinski definition) is 2. The van der Waals surface area contributed by atoms with Gasteiger partial charge in [-0.15, -0.1) is 0 Å². The van der Waals surface area contributed by atoms with Crippen LogP contribution in [0.15, 0.2) is 42.5 Å². The second kappa shape index (κ2) is 8.55. The van der Waals surface area contributed by atoms with Gasteiger partial charge in [-0.3, -0.25) is 9.69 Å². The predicted molar refractivity (Wildman–Crippen MR) is 108 cm³/mol. The minimum absolute atomic E-state index is 0.539. The van der Waals surface area contributed by atoms with Crippen molar-refractivity contribution in [1.82, 2.24) is 10.2 Å². The van der Waals surface area contributed by atoms with Crippen LogP contribution >= 0.6 is 11.6 Å². The summed E-state index contributed by atoms with van der Waals surface area (Å²) in [6, 6.07) is 9.74. The van der Waals surface area contributed by atoms with Crippen LogP contribution < -0.4 is 5.32 Å². The monoisotopic (exact) mass is 442 g/mol. The number of halogens is 5. The van der Waals surface area contributed by atoms with E-state index in [1.807, 2.05) is 19.9 Å². The second-order valence-corrected chi connectivity index (χ2v) is 8.35. The Morgan fingerprint density at radius 1 is 1.07 bits per heavy atom. The van der Waals surface area contributed by atoms with E-state index in [2.05, 4.69) is 10.2 Å². The second-order valence-electron chi connectivity index (χ2n) is 7.95. The fourth-order valence-corrected chi connectivity index (χ4v) is 4.16. The molecule has 0 saturated carbocycles. The topological polar surface area (TPSA) is 32.3 Å². The summed E-state index contributed by atoms with van der Waals surface area (Å²) in [5.41, 5.74) is -2.33. The molecule has 1 atom stereocenters. The Balaban J connectivity index is 2.04. The molecular formula is C22H23ClF4N2O. The number of benzene rings is 2. The summed E-state index contributed by atoms with van der Waals surface area (Å²) in [5.74, 6) is -2.53. The van der Waals surface area contributed by atoms with Crippen molar-refractivity contribution in [3.8, 4) is 0 Å². The van der Waals surface area contributed by atoms with E-state index in [4.69, 9.17) is 11.6 Å². The summed E-state index contributed by atoms with van der Waals surface area (Å²) in [4.78, 5) is 15.2. The van der Waals surface area contributed by atoms with Gasteiger partial charge in [-0.05, 0) is 57.5 Å². The Hall–Kier alpha value is -2.12. The van der Waals surface area contributed by atoms with Crippen LogP contribution in [-0.2, 0) is 6.18 Å². The predicted octanol–water partition coefficient (Wildman–Crippen LogP) is 5.84. The Morgan fingerprint density at radius 3 is 2.23 bits per heavy atom. The third-order valence-corrected chi connectivity index (χ3v) is 5.96. The van der Waals surface area contributed by atoms with Gasteiger partial charge in [0.2, 0.25) is 0 Å². The van der Waals surface area contributed by atoms with E-state index < -0.39 is 45.6 Å². The maximum atomic E-state index is 14.6. The third kappa shape index (κ3) is 4.47. The van der Waals surface area contributed by atoms with E-state index >= 15 is 0 Å². The highest BCUT2D eigenvalue weighted by atomic mass is 35.5. The average Bonchev–Trinajstić information content (AvgIpc) is 3.23. The Morgan fingerprint density at radius 2 is 1.67 bits per heavy atom. The molecule has 3 nitrogen and oxygen atoms in total. The SMILES string of the molecule is CC(C)(C(NC(=O)c1c(C(F)(F)F)ccc(Cl)c1F)c1ccccc1)N1CCCC1. The normalized spacial score (nSPS) is 16.5. The fraction of sp³-hybridized carbons (Fsp3) is 0.409. The number of amides is 1. The van der Waals surface area contributed by atoms with Crippen LogP contribution in [0.1, 0.15) is 54.2 Å². The Kier molecular flexibility index (Phi) is 6.43. The number of alkyl halides is 3. The minimum Gasteiger partial charge on any atom is -0.343 e. The van der Waals surface area contributed by atoms with Gasteiger partial charge in [0, 0.05) is 5.54 Å². The van der Waals surface area contributed by atoms with Gasteiger partial charge >= 0.3 is 6.18 Å². The molecule has 1 saturated heterocycles. The molecule has 162 valence electrons. The van der Waals surface area contributed by atoms with Crippen molar-refractivity contribution in [3.63, 3.8) is 0 Å². The van der Waals surface area contributed by atoms with Crippen LogP contribution in [0, 0.1) is 5.82 Å². The molecule has 0 spiro atoms. The summed E-state index contributed by atoms with van der Waals surface area (Å²) in [6.45, 7) is 5.47. The molecule has 1 unspecified atom stereocenters. The smallest absolute Gasteiger partial charge is 0.343 e. The molecule has 1 fully saturated rings. The lowest BCUT2D eigenvalue weighted by molar-refractivity contribution is -0.138. The number of nitrogens with zero attached hydrogens (tertiary/aromatic N) is 1. The van der Waals surface area contributed by atoms with Crippen molar-refractivity contribution in [1.29, 1.82) is 0 Å². The number of hydrogen-bond donors (Lipinski definition) is 1. The minimum atomic E-state index is -4.90. The highest BCUT2D eigenvalue weighted by molar-refractivity contribution is 6.31. The van der Waals surface area contributed by atoms with Crippen molar-refractivity contribution in [3.05, 3.63) is 70.0 Å². The van der Waals surface area contributed by atoms with E-state index in [0.717, 1.165) is 37.6 Å². The number of carbonyl (C=O) groups is 1. The average molecular weight is 443 g/mol. The molecule has 0 aliphatic carbocycles. The summed E-state index contributed by atoms with van der Waals surface area (Å²) < 4.78 is 55.0. The van der Waals surface area contributed by atoms with Crippen LogP contribution in [0.25, 0.3) is 0 Å². The molecule has 1 heterocycles. The van der Waals surface area contributed by atoms with E-state index in [1.165, 1.54) is 0 Å². The quantitative estimate of drug-likeness (QED) is 0.590. The summed E-state index contributed by atoms with van der Waals surface area (Å²) in [6.07, 6.45) is -2.90. The first kappa shape index (κ1) is 22.6. The molecule has 3 rings (SSSR count). The molecule has 0 aromatic heterocycles. The molecule has 8 heteroatoms. The molecule has 1 aliphatic rings. The third-order valence-electron chi connectivity index (χ3n) is 5.66. The maximum absolute atomic E-state index is 14.6. The van der Waals surface area contributed by atoms with Gasteiger partial charge in [0.15, 0.2) is 5.82 Å². The number of rotatable bonds is 5. The molecule has 0 radical (unpaired) electrons. The number of likely N-dealkylation sites (tertiary alicyclic amines) is 1. The van der Waals surface area contributed by atoms with Crippen LogP contribution in [-0.4, -0.2) is 29.4 Å². The lowest BCUT2D eigenvalue weighted by atomic mass is 9.86. The molecule has 2 aromatic carbocycles. The van der Waals surface area contributed by atoms with Crippen LogP contribution in [0.4, 0.5) is 17.6 Å². The van der Waals surface area contributed by atoms with E-state index in [-0.39, 0.29) is 0 Å². The molecule has 1 amide bonds. The molecule has 30 heavy (non-hydrogen) atoms. The summed E-state index contributed by atoms with van der Waals surface area (Å²) >= 11 is 5.70. The first-order chi connectivity index (χ1) is 14.0. The standard InChI is InChI=1S/C22H23ClF4N2O/c1-21(2,29-12-6-7-13-29)19(14-8-4-3-5-9-14)28-20(30)17-15(22(25,26)27)10-11-16(23)18(17)24/h3-5,8-11,19H,6-7,12-13H2,1-2H3,(H,28,30). The van der Waals surface area contributed by atoms with Crippen molar-refractivity contribution < 1.29 is 22.4 Å². The zero-order valence-electron chi connectivity index (χ0n) is 16.7. The first-order valence-corrected chi connectivity index (χ1v) is 10.1. The first-order valence-electron chi connectivity index (χ1n) is 9.69. The Labute approximate surface area is 178 Å². The van der Waals surface area contributed by atoms with Crippen molar-refractivity contribution >= 4 is 17.5 Å². The van der Waals surface area contributed by atoms with E-state index in [1.54, 1.807) is 24.3 Å². The lowest BCUT2D eigenvalue weighted by Crippen LogP contribution is -2.53. The van der Waals surface area contributed by atoms with E-state index in [0.29, 0.717) is 6.07 Å². The van der Waals surface area contributed by atoms with Gasteiger partial charge in [0.05, 0.1) is 22.2 Å². The van der Waals surface area contributed by atoms with Gasteiger partial charge in [0.1, 0.15) is 0 Å². The highest BCUT2D eigenvalue weighted by Crippen LogP contribution is 2.37. The van der Waals surface area contributed by atoms with Crippen LogP contribution in [0.5, 0.6) is 0 Å². The molecule has 1 N–H and O–H groups in total.